The van der Waals surface area contributed by atoms with Crippen LogP contribution in [-0.2, 0) is 10.0 Å². The number of piperazine rings is 1. The Hall–Kier alpha value is -3.50. The fraction of sp³-hybridized carbons (Fsp3) is 0.227. The van der Waals surface area contributed by atoms with E-state index >= 15 is 0 Å². The zero-order valence-corrected chi connectivity index (χ0v) is 18.3. The molecule has 1 saturated heterocycles. The maximum absolute atomic E-state index is 12.7. The summed E-state index contributed by atoms with van der Waals surface area (Å²) in [7, 11) is -2.16. The van der Waals surface area contributed by atoms with Crippen LogP contribution in [-0.4, -0.2) is 62.7 Å². The Labute approximate surface area is 186 Å². The number of methoxy groups -OCH3 is 1. The Kier molecular flexibility index (Phi) is 6.06. The maximum Gasteiger partial charge on any atom is 0.253 e. The van der Waals surface area contributed by atoms with Crippen LogP contribution in [0.15, 0.2) is 65.6 Å². The van der Waals surface area contributed by atoms with Gasteiger partial charge in [-0.25, -0.2) is 13.6 Å². The van der Waals surface area contributed by atoms with Crippen molar-refractivity contribution in [3.05, 3.63) is 66.2 Å². The molecular formula is C22H23N5O4S. The first kappa shape index (κ1) is 21.7. The van der Waals surface area contributed by atoms with E-state index in [0.717, 1.165) is 22.8 Å². The third-order valence-corrected chi connectivity index (χ3v) is 6.27. The summed E-state index contributed by atoms with van der Waals surface area (Å²) in [6.45, 7) is 2.28. The predicted molar refractivity (Wildman–Crippen MR) is 120 cm³/mol. The third kappa shape index (κ3) is 4.71. The number of carbonyl (C=O) groups is 1. The van der Waals surface area contributed by atoms with Gasteiger partial charge in [-0.05, 0) is 48.5 Å². The number of anilines is 1. The summed E-state index contributed by atoms with van der Waals surface area (Å²) in [4.78, 5) is 16.5. The Bertz CT molecular complexity index is 1210. The average Bonchev–Trinajstić information content (AvgIpc) is 2.83. The van der Waals surface area contributed by atoms with Gasteiger partial charge in [0.25, 0.3) is 5.91 Å². The van der Waals surface area contributed by atoms with Crippen molar-refractivity contribution in [3.8, 4) is 17.0 Å². The fourth-order valence-corrected chi connectivity index (χ4v) is 4.05. The summed E-state index contributed by atoms with van der Waals surface area (Å²) in [5, 5.41) is 13.8. The number of nitrogens with zero attached hydrogens (tertiary/aromatic N) is 4. The second kappa shape index (κ2) is 8.93. The van der Waals surface area contributed by atoms with Crippen LogP contribution in [0.25, 0.3) is 11.3 Å². The van der Waals surface area contributed by atoms with E-state index in [2.05, 4.69) is 15.1 Å². The zero-order valence-electron chi connectivity index (χ0n) is 17.5. The number of primary sulfonamides is 1. The standard InChI is InChI=1S/C22H23N5O4S/c1-31-18-4-2-3-17(15-18)20-9-10-21(25-24-20)26-11-13-27(14-12-26)22(28)16-5-7-19(8-6-16)32(23,29)30/h2-10,15H,11-14H2,1H3,(H2,23,29,30). The second-order valence-electron chi connectivity index (χ2n) is 7.36. The maximum atomic E-state index is 12.7. The number of hydrogen-bond donors (Lipinski definition) is 1. The molecule has 2 heterocycles. The topological polar surface area (TPSA) is 119 Å². The highest BCUT2D eigenvalue weighted by atomic mass is 32.2. The monoisotopic (exact) mass is 453 g/mol. The summed E-state index contributed by atoms with van der Waals surface area (Å²) in [6, 6.07) is 17.1. The smallest absolute Gasteiger partial charge is 0.253 e. The molecule has 2 N–H and O–H groups in total. The van der Waals surface area contributed by atoms with E-state index in [1.165, 1.54) is 24.3 Å². The molecule has 2 aromatic carbocycles. The van der Waals surface area contributed by atoms with Crippen LogP contribution in [0.5, 0.6) is 5.75 Å². The number of carbonyl (C=O) groups excluding carboxylic acids is 1. The van der Waals surface area contributed by atoms with Crippen LogP contribution in [0.1, 0.15) is 10.4 Å². The number of benzene rings is 2. The van der Waals surface area contributed by atoms with Crippen molar-refractivity contribution < 1.29 is 17.9 Å². The quantitative estimate of drug-likeness (QED) is 0.625. The minimum absolute atomic E-state index is 0.0187. The van der Waals surface area contributed by atoms with Gasteiger partial charge in [0.2, 0.25) is 10.0 Å². The molecule has 0 spiro atoms. The Morgan fingerprint density at radius 1 is 0.969 bits per heavy atom. The second-order valence-corrected chi connectivity index (χ2v) is 8.92. The van der Waals surface area contributed by atoms with Gasteiger partial charge in [0.15, 0.2) is 5.82 Å². The molecule has 0 aliphatic carbocycles. The van der Waals surface area contributed by atoms with Crippen molar-refractivity contribution in [2.24, 2.45) is 5.14 Å². The van der Waals surface area contributed by atoms with E-state index in [0.29, 0.717) is 31.7 Å². The van der Waals surface area contributed by atoms with Gasteiger partial charge in [-0.2, -0.15) is 0 Å². The number of rotatable bonds is 5. The molecule has 1 amide bonds. The SMILES string of the molecule is COc1cccc(-c2ccc(N3CCN(C(=O)c4ccc(S(N)(=O)=O)cc4)CC3)nn2)c1. The molecule has 3 aromatic rings. The van der Waals surface area contributed by atoms with Gasteiger partial charge >= 0.3 is 0 Å². The van der Waals surface area contributed by atoms with Crippen LogP contribution in [0.3, 0.4) is 0 Å². The van der Waals surface area contributed by atoms with Crippen molar-refractivity contribution in [2.75, 3.05) is 38.2 Å². The van der Waals surface area contributed by atoms with Crippen LogP contribution >= 0.6 is 0 Å². The van der Waals surface area contributed by atoms with Gasteiger partial charge in [-0.1, -0.05) is 12.1 Å². The number of nitrogens with two attached hydrogens (primary N) is 1. The number of amides is 1. The van der Waals surface area contributed by atoms with Gasteiger partial charge < -0.3 is 14.5 Å². The number of aromatic nitrogens is 2. The molecule has 0 saturated carbocycles. The van der Waals surface area contributed by atoms with Crippen LogP contribution < -0.4 is 14.8 Å². The molecule has 1 aromatic heterocycles. The molecule has 0 unspecified atom stereocenters. The van der Waals surface area contributed by atoms with Crippen LogP contribution in [0, 0.1) is 0 Å². The minimum Gasteiger partial charge on any atom is -0.497 e. The first-order valence-electron chi connectivity index (χ1n) is 10.0. The van der Waals surface area contributed by atoms with Crippen molar-refractivity contribution in [2.45, 2.75) is 4.90 Å². The number of ether oxygens (including phenoxy) is 1. The molecule has 32 heavy (non-hydrogen) atoms. The van der Waals surface area contributed by atoms with Crippen molar-refractivity contribution in [3.63, 3.8) is 0 Å². The molecule has 0 bridgehead atoms. The molecular weight excluding hydrogens is 430 g/mol. The molecule has 166 valence electrons. The van der Waals surface area contributed by atoms with Gasteiger partial charge in [0.1, 0.15) is 5.75 Å². The normalized spacial score (nSPS) is 14.3. The van der Waals surface area contributed by atoms with Gasteiger partial charge in [0.05, 0.1) is 17.7 Å². The molecule has 1 aliphatic rings. The lowest BCUT2D eigenvalue weighted by atomic mass is 10.1. The average molecular weight is 454 g/mol. The highest BCUT2D eigenvalue weighted by Gasteiger charge is 2.23. The van der Waals surface area contributed by atoms with E-state index < -0.39 is 10.0 Å². The van der Waals surface area contributed by atoms with Crippen molar-refractivity contribution in [1.82, 2.24) is 15.1 Å². The van der Waals surface area contributed by atoms with E-state index in [1.54, 1.807) is 12.0 Å². The first-order chi connectivity index (χ1) is 15.3. The van der Waals surface area contributed by atoms with E-state index in [1.807, 2.05) is 36.4 Å². The molecule has 0 atom stereocenters. The lowest BCUT2D eigenvalue weighted by Crippen LogP contribution is -2.49. The number of hydrogen-bond acceptors (Lipinski definition) is 7. The summed E-state index contributed by atoms with van der Waals surface area (Å²) in [5.74, 6) is 1.36. The van der Waals surface area contributed by atoms with Gasteiger partial charge in [0, 0.05) is 37.3 Å². The van der Waals surface area contributed by atoms with Crippen molar-refractivity contribution in [1.29, 1.82) is 0 Å². The minimum atomic E-state index is -3.78. The summed E-state index contributed by atoms with van der Waals surface area (Å²) in [6.07, 6.45) is 0. The third-order valence-electron chi connectivity index (χ3n) is 5.34. The summed E-state index contributed by atoms with van der Waals surface area (Å²) < 4.78 is 28.0. The molecule has 10 heteroatoms. The molecule has 4 rings (SSSR count). The highest BCUT2D eigenvalue weighted by Crippen LogP contribution is 2.23. The van der Waals surface area contributed by atoms with Gasteiger partial charge in [-0.15, -0.1) is 10.2 Å². The van der Waals surface area contributed by atoms with E-state index in [4.69, 9.17) is 9.88 Å². The molecule has 0 radical (unpaired) electrons. The summed E-state index contributed by atoms with van der Waals surface area (Å²) in [5.41, 5.74) is 2.10. The van der Waals surface area contributed by atoms with Crippen molar-refractivity contribution >= 4 is 21.7 Å². The lowest BCUT2D eigenvalue weighted by molar-refractivity contribution is 0.0746. The number of sulfonamides is 1. The van der Waals surface area contributed by atoms with Gasteiger partial charge in [-0.3, -0.25) is 4.79 Å². The Balaban J connectivity index is 1.38. The van der Waals surface area contributed by atoms with E-state index in [-0.39, 0.29) is 10.8 Å². The highest BCUT2D eigenvalue weighted by molar-refractivity contribution is 7.89. The largest absolute Gasteiger partial charge is 0.497 e. The van der Waals surface area contributed by atoms with E-state index in [9.17, 15) is 13.2 Å². The lowest BCUT2D eigenvalue weighted by Gasteiger charge is -2.35. The molecule has 9 nitrogen and oxygen atoms in total. The Morgan fingerprint density at radius 3 is 2.28 bits per heavy atom. The zero-order chi connectivity index (χ0) is 22.7. The Morgan fingerprint density at radius 2 is 1.69 bits per heavy atom. The van der Waals surface area contributed by atoms with Crippen LogP contribution in [0.2, 0.25) is 0 Å². The predicted octanol–water partition coefficient (Wildman–Crippen LogP) is 1.76. The molecule has 1 fully saturated rings. The molecule has 1 aliphatic heterocycles. The fourth-order valence-electron chi connectivity index (χ4n) is 3.54. The summed E-state index contributed by atoms with van der Waals surface area (Å²) >= 11 is 0. The van der Waals surface area contributed by atoms with Crippen LogP contribution in [0.4, 0.5) is 5.82 Å². The first-order valence-corrected chi connectivity index (χ1v) is 11.5.